The Morgan fingerprint density at radius 3 is 2.71 bits per heavy atom. The van der Waals surface area contributed by atoms with Crippen molar-refractivity contribution in [1.82, 2.24) is 10.2 Å². The predicted octanol–water partition coefficient (Wildman–Crippen LogP) is 0.866. The highest BCUT2D eigenvalue weighted by molar-refractivity contribution is 5.97. The van der Waals surface area contributed by atoms with Gasteiger partial charge in [-0.2, -0.15) is 5.10 Å². The number of nitrogens with zero attached hydrogens (tertiary/aromatic N) is 1. The fourth-order valence-electron chi connectivity index (χ4n) is 1.15. The number of anilines is 1. The second kappa shape index (κ2) is 4.23. The number of aromatic amines is 1. The predicted molar refractivity (Wildman–Crippen MR) is 54.7 cm³/mol. The molecule has 5 nitrogen and oxygen atoms in total. The molecule has 0 aliphatic heterocycles. The SMILES string of the molecule is CCC(N)(CC)C(=O)Nc1cn[nH]c1. The number of carbonyl (C=O) groups is 1. The zero-order chi connectivity index (χ0) is 10.6. The van der Waals surface area contributed by atoms with Crippen LogP contribution >= 0.6 is 0 Å². The van der Waals surface area contributed by atoms with E-state index in [1.165, 1.54) is 0 Å². The number of nitrogens with one attached hydrogen (secondary N) is 2. The van der Waals surface area contributed by atoms with Crippen molar-refractivity contribution in [3.63, 3.8) is 0 Å². The first kappa shape index (κ1) is 10.7. The lowest BCUT2D eigenvalue weighted by atomic mass is 9.93. The molecule has 1 aromatic rings. The fraction of sp³-hybridized carbons (Fsp3) is 0.556. The summed E-state index contributed by atoms with van der Waals surface area (Å²) in [5.41, 5.74) is 5.78. The lowest BCUT2D eigenvalue weighted by molar-refractivity contribution is -0.121. The molecule has 78 valence electrons. The molecule has 0 saturated carbocycles. The molecule has 0 aliphatic rings. The van der Waals surface area contributed by atoms with Crippen molar-refractivity contribution in [2.45, 2.75) is 32.2 Å². The Bertz CT molecular complexity index is 290. The summed E-state index contributed by atoms with van der Waals surface area (Å²) in [6.45, 7) is 3.80. The molecule has 0 atom stereocenters. The number of carbonyl (C=O) groups excluding carboxylic acids is 1. The third-order valence-electron chi connectivity index (χ3n) is 2.47. The Hall–Kier alpha value is -1.36. The summed E-state index contributed by atoms with van der Waals surface area (Å²) in [4.78, 5) is 11.7. The number of hydrogen-bond acceptors (Lipinski definition) is 3. The number of hydrogen-bond donors (Lipinski definition) is 3. The van der Waals surface area contributed by atoms with Crippen molar-refractivity contribution in [3.05, 3.63) is 12.4 Å². The maximum atomic E-state index is 11.7. The molecule has 14 heavy (non-hydrogen) atoms. The van der Waals surface area contributed by atoms with E-state index in [0.717, 1.165) is 0 Å². The molecule has 0 radical (unpaired) electrons. The van der Waals surface area contributed by atoms with E-state index in [1.54, 1.807) is 12.4 Å². The molecule has 5 heteroatoms. The van der Waals surface area contributed by atoms with E-state index >= 15 is 0 Å². The van der Waals surface area contributed by atoms with Gasteiger partial charge >= 0.3 is 0 Å². The zero-order valence-corrected chi connectivity index (χ0v) is 8.50. The minimum absolute atomic E-state index is 0.163. The van der Waals surface area contributed by atoms with Gasteiger partial charge in [-0.25, -0.2) is 0 Å². The van der Waals surface area contributed by atoms with E-state index in [2.05, 4.69) is 15.5 Å². The Morgan fingerprint density at radius 2 is 2.29 bits per heavy atom. The summed E-state index contributed by atoms with van der Waals surface area (Å²) in [6, 6.07) is 0. The summed E-state index contributed by atoms with van der Waals surface area (Å²) in [5, 5.41) is 9.05. The molecule has 1 amide bonds. The van der Waals surface area contributed by atoms with Gasteiger partial charge in [0.1, 0.15) is 0 Å². The van der Waals surface area contributed by atoms with Crippen molar-refractivity contribution in [2.75, 3.05) is 5.32 Å². The van der Waals surface area contributed by atoms with Crippen molar-refractivity contribution in [3.8, 4) is 0 Å². The van der Waals surface area contributed by atoms with Gasteiger partial charge in [0.25, 0.3) is 0 Å². The van der Waals surface area contributed by atoms with Gasteiger partial charge in [-0.3, -0.25) is 9.89 Å². The largest absolute Gasteiger partial charge is 0.322 e. The highest BCUT2D eigenvalue weighted by Crippen LogP contribution is 2.14. The topological polar surface area (TPSA) is 83.8 Å². The minimum atomic E-state index is -0.780. The van der Waals surface area contributed by atoms with E-state index in [0.29, 0.717) is 18.5 Å². The van der Waals surface area contributed by atoms with Crippen molar-refractivity contribution in [1.29, 1.82) is 0 Å². The third kappa shape index (κ3) is 2.11. The van der Waals surface area contributed by atoms with Crippen LogP contribution in [-0.4, -0.2) is 21.6 Å². The maximum absolute atomic E-state index is 11.7. The summed E-state index contributed by atoms with van der Waals surface area (Å²) in [6.07, 6.45) is 4.40. The third-order valence-corrected chi connectivity index (χ3v) is 2.47. The first-order valence-electron chi connectivity index (χ1n) is 4.71. The number of aromatic nitrogens is 2. The smallest absolute Gasteiger partial charge is 0.244 e. The molecular formula is C9H16N4O. The minimum Gasteiger partial charge on any atom is -0.322 e. The van der Waals surface area contributed by atoms with Gasteiger partial charge in [0.2, 0.25) is 5.91 Å². The van der Waals surface area contributed by atoms with Crippen LogP contribution in [0.25, 0.3) is 0 Å². The van der Waals surface area contributed by atoms with Crippen LogP contribution in [0.2, 0.25) is 0 Å². The van der Waals surface area contributed by atoms with Gasteiger partial charge in [0.15, 0.2) is 0 Å². The Kier molecular flexibility index (Phi) is 3.24. The highest BCUT2D eigenvalue weighted by atomic mass is 16.2. The maximum Gasteiger partial charge on any atom is 0.244 e. The standard InChI is InChI=1S/C9H16N4O/c1-3-9(10,4-2)8(14)13-7-5-11-12-6-7/h5-6H,3-4,10H2,1-2H3,(H,11,12)(H,13,14). The van der Waals surface area contributed by atoms with Crippen molar-refractivity contribution in [2.24, 2.45) is 5.73 Å². The monoisotopic (exact) mass is 196 g/mol. The van der Waals surface area contributed by atoms with Crippen molar-refractivity contribution < 1.29 is 4.79 Å². The molecule has 0 unspecified atom stereocenters. The molecule has 0 fully saturated rings. The van der Waals surface area contributed by atoms with Crippen LogP contribution in [0.3, 0.4) is 0 Å². The van der Waals surface area contributed by atoms with Crippen LogP contribution in [0.1, 0.15) is 26.7 Å². The second-order valence-corrected chi connectivity index (χ2v) is 3.30. The number of nitrogens with two attached hydrogens (primary N) is 1. The van der Waals surface area contributed by atoms with E-state index < -0.39 is 5.54 Å². The molecule has 1 rings (SSSR count). The molecule has 1 aromatic heterocycles. The summed E-state index contributed by atoms with van der Waals surface area (Å²) in [5.74, 6) is -0.163. The Balaban J connectivity index is 2.66. The molecule has 0 spiro atoms. The lowest BCUT2D eigenvalue weighted by Crippen LogP contribution is -2.50. The van der Waals surface area contributed by atoms with Crippen LogP contribution in [0.15, 0.2) is 12.4 Å². The van der Waals surface area contributed by atoms with E-state index in [-0.39, 0.29) is 5.91 Å². The number of amides is 1. The fourth-order valence-corrected chi connectivity index (χ4v) is 1.15. The number of rotatable bonds is 4. The molecule has 0 bridgehead atoms. The molecule has 1 heterocycles. The highest BCUT2D eigenvalue weighted by Gasteiger charge is 2.29. The van der Waals surface area contributed by atoms with Gasteiger partial charge in [-0.15, -0.1) is 0 Å². The van der Waals surface area contributed by atoms with Crippen LogP contribution in [0.4, 0.5) is 5.69 Å². The van der Waals surface area contributed by atoms with Crippen LogP contribution in [-0.2, 0) is 4.79 Å². The summed E-state index contributed by atoms with van der Waals surface area (Å²) < 4.78 is 0. The first-order valence-corrected chi connectivity index (χ1v) is 4.71. The summed E-state index contributed by atoms with van der Waals surface area (Å²) >= 11 is 0. The van der Waals surface area contributed by atoms with Gasteiger partial charge < -0.3 is 11.1 Å². The van der Waals surface area contributed by atoms with Crippen molar-refractivity contribution >= 4 is 11.6 Å². The Morgan fingerprint density at radius 1 is 1.64 bits per heavy atom. The zero-order valence-electron chi connectivity index (χ0n) is 8.50. The van der Waals surface area contributed by atoms with Crippen LogP contribution in [0.5, 0.6) is 0 Å². The van der Waals surface area contributed by atoms with E-state index in [9.17, 15) is 4.79 Å². The second-order valence-electron chi connectivity index (χ2n) is 3.30. The average molecular weight is 196 g/mol. The number of H-pyrrole nitrogens is 1. The van der Waals surface area contributed by atoms with Gasteiger partial charge in [-0.05, 0) is 12.8 Å². The average Bonchev–Trinajstić information content (AvgIpc) is 2.69. The van der Waals surface area contributed by atoms with Gasteiger partial charge in [-0.1, -0.05) is 13.8 Å². The molecular weight excluding hydrogens is 180 g/mol. The normalized spacial score (nSPS) is 11.4. The molecule has 0 aliphatic carbocycles. The summed E-state index contributed by atoms with van der Waals surface area (Å²) in [7, 11) is 0. The molecule has 0 saturated heterocycles. The van der Waals surface area contributed by atoms with Gasteiger partial charge in [0.05, 0.1) is 17.4 Å². The van der Waals surface area contributed by atoms with Crippen LogP contribution < -0.4 is 11.1 Å². The lowest BCUT2D eigenvalue weighted by Gasteiger charge is -2.24. The van der Waals surface area contributed by atoms with Gasteiger partial charge in [0, 0.05) is 6.20 Å². The van der Waals surface area contributed by atoms with Crippen LogP contribution in [0, 0.1) is 0 Å². The Labute approximate surface area is 83.1 Å². The molecule has 4 N–H and O–H groups in total. The van der Waals surface area contributed by atoms with E-state index in [1.807, 2.05) is 13.8 Å². The molecule has 0 aromatic carbocycles. The first-order chi connectivity index (χ1) is 6.62. The van der Waals surface area contributed by atoms with E-state index in [4.69, 9.17) is 5.73 Å². The quantitative estimate of drug-likeness (QED) is 0.668.